The van der Waals surface area contributed by atoms with E-state index in [1.54, 1.807) is 29.2 Å². The zero-order chi connectivity index (χ0) is 21.2. The first-order valence-electron chi connectivity index (χ1n) is 9.68. The van der Waals surface area contributed by atoms with E-state index in [9.17, 15) is 14.4 Å². The van der Waals surface area contributed by atoms with Gasteiger partial charge < -0.3 is 16.0 Å². The molecule has 2 aromatic rings. The number of nitrogens with zero attached hydrogens (tertiary/aromatic N) is 1. The summed E-state index contributed by atoms with van der Waals surface area (Å²) in [5, 5.41) is 8.40. The molecule has 0 bridgehead atoms. The Morgan fingerprint density at radius 1 is 0.793 bits per heavy atom. The highest BCUT2D eigenvalue weighted by Gasteiger charge is 2.14. The quantitative estimate of drug-likeness (QED) is 0.607. The maximum absolute atomic E-state index is 12.4. The van der Waals surface area contributed by atoms with Gasteiger partial charge in [-0.05, 0) is 48.9 Å². The van der Waals surface area contributed by atoms with Crippen molar-refractivity contribution in [2.45, 2.75) is 27.2 Å². The van der Waals surface area contributed by atoms with Crippen molar-refractivity contribution in [1.82, 2.24) is 4.90 Å². The van der Waals surface area contributed by atoms with Gasteiger partial charge in [-0.2, -0.15) is 0 Å². The Balaban J connectivity index is 1.87. The molecule has 0 spiro atoms. The summed E-state index contributed by atoms with van der Waals surface area (Å²) in [6.07, 6.45) is 0.830. The molecule has 7 heteroatoms. The number of amides is 3. The summed E-state index contributed by atoms with van der Waals surface area (Å²) >= 11 is 0. The van der Waals surface area contributed by atoms with E-state index < -0.39 is 0 Å². The van der Waals surface area contributed by atoms with Gasteiger partial charge in [0.1, 0.15) is 0 Å². The van der Waals surface area contributed by atoms with Crippen molar-refractivity contribution in [2.75, 3.05) is 35.6 Å². The lowest BCUT2D eigenvalue weighted by atomic mass is 10.1. The molecule has 0 saturated carbocycles. The third-order valence-corrected chi connectivity index (χ3v) is 4.34. The molecular weight excluding hydrogens is 368 g/mol. The van der Waals surface area contributed by atoms with Crippen LogP contribution in [0.4, 0.5) is 17.1 Å². The van der Waals surface area contributed by atoms with Crippen molar-refractivity contribution >= 4 is 34.8 Å². The number of benzene rings is 2. The van der Waals surface area contributed by atoms with Gasteiger partial charge in [-0.25, -0.2) is 0 Å². The van der Waals surface area contributed by atoms with Gasteiger partial charge in [0, 0.05) is 24.0 Å². The van der Waals surface area contributed by atoms with Gasteiger partial charge in [0.2, 0.25) is 17.7 Å². The molecule has 0 aromatic heterocycles. The first-order chi connectivity index (χ1) is 13.9. The Hall–Kier alpha value is -3.19. The van der Waals surface area contributed by atoms with Crippen LogP contribution < -0.4 is 16.0 Å². The average Bonchev–Trinajstić information content (AvgIpc) is 2.69. The molecule has 0 aliphatic rings. The molecule has 0 atom stereocenters. The number of para-hydroxylation sites is 1. The topological polar surface area (TPSA) is 90.5 Å². The van der Waals surface area contributed by atoms with Gasteiger partial charge in [0.25, 0.3) is 0 Å². The molecule has 0 saturated heterocycles. The fraction of sp³-hybridized carbons (Fsp3) is 0.318. The van der Waals surface area contributed by atoms with Crippen LogP contribution in [0.3, 0.4) is 0 Å². The maximum Gasteiger partial charge on any atom is 0.238 e. The SMILES string of the molecule is CCc1ccccc1NC(=O)CN(CC)CC(=O)Nc1ccc(NC(C)=O)cc1. The van der Waals surface area contributed by atoms with Gasteiger partial charge >= 0.3 is 0 Å². The van der Waals surface area contributed by atoms with Crippen molar-refractivity contribution in [2.24, 2.45) is 0 Å². The predicted octanol–water partition coefficient (Wildman–Crippen LogP) is 3.11. The lowest BCUT2D eigenvalue weighted by molar-refractivity contribution is -0.120. The fourth-order valence-corrected chi connectivity index (χ4v) is 2.87. The van der Waals surface area contributed by atoms with E-state index in [0.29, 0.717) is 17.9 Å². The van der Waals surface area contributed by atoms with E-state index in [4.69, 9.17) is 0 Å². The predicted molar refractivity (Wildman–Crippen MR) is 116 cm³/mol. The molecule has 3 N–H and O–H groups in total. The highest BCUT2D eigenvalue weighted by molar-refractivity contribution is 5.95. The monoisotopic (exact) mass is 396 g/mol. The van der Waals surface area contributed by atoms with Gasteiger partial charge in [0.15, 0.2) is 0 Å². The van der Waals surface area contributed by atoms with Gasteiger partial charge in [-0.15, -0.1) is 0 Å². The number of likely N-dealkylation sites (N-methyl/N-ethyl adjacent to an activating group) is 1. The Kier molecular flexibility index (Phi) is 8.36. The molecule has 0 aliphatic heterocycles. The number of aryl methyl sites for hydroxylation is 1. The zero-order valence-corrected chi connectivity index (χ0v) is 17.1. The van der Waals surface area contributed by atoms with Crippen LogP contribution in [0.15, 0.2) is 48.5 Å². The lowest BCUT2D eigenvalue weighted by Crippen LogP contribution is -2.38. The zero-order valence-electron chi connectivity index (χ0n) is 17.1. The molecule has 0 unspecified atom stereocenters. The number of carbonyl (C=O) groups excluding carboxylic acids is 3. The minimum Gasteiger partial charge on any atom is -0.326 e. The largest absolute Gasteiger partial charge is 0.326 e. The molecule has 0 aliphatic carbocycles. The number of anilines is 3. The van der Waals surface area contributed by atoms with Crippen molar-refractivity contribution < 1.29 is 14.4 Å². The molecule has 29 heavy (non-hydrogen) atoms. The second-order valence-corrected chi connectivity index (χ2v) is 6.67. The molecule has 2 rings (SSSR count). The number of nitrogens with one attached hydrogen (secondary N) is 3. The van der Waals surface area contributed by atoms with E-state index in [-0.39, 0.29) is 30.8 Å². The van der Waals surface area contributed by atoms with Crippen LogP contribution in [-0.4, -0.2) is 42.3 Å². The van der Waals surface area contributed by atoms with Crippen molar-refractivity contribution in [3.63, 3.8) is 0 Å². The highest BCUT2D eigenvalue weighted by atomic mass is 16.2. The summed E-state index contributed by atoms with van der Waals surface area (Å²) in [7, 11) is 0. The minimum atomic E-state index is -0.208. The van der Waals surface area contributed by atoms with Crippen LogP contribution in [0.1, 0.15) is 26.3 Å². The minimum absolute atomic E-state index is 0.104. The van der Waals surface area contributed by atoms with E-state index >= 15 is 0 Å². The number of hydrogen-bond donors (Lipinski definition) is 3. The molecule has 0 fully saturated rings. The summed E-state index contributed by atoms with van der Waals surface area (Å²) in [4.78, 5) is 37.5. The fourth-order valence-electron chi connectivity index (χ4n) is 2.87. The van der Waals surface area contributed by atoms with Crippen LogP contribution in [0.5, 0.6) is 0 Å². The Morgan fingerprint density at radius 2 is 1.34 bits per heavy atom. The lowest BCUT2D eigenvalue weighted by Gasteiger charge is -2.20. The first-order valence-corrected chi connectivity index (χ1v) is 9.68. The van der Waals surface area contributed by atoms with Gasteiger partial charge in [0.05, 0.1) is 13.1 Å². The van der Waals surface area contributed by atoms with Crippen molar-refractivity contribution in [1.29, 1.82) is 0 Å². The molecule has 154 valence electrons. The molecule has 7 nitrogen and oxygen atoms in total. The second-order valence-electron chi connectivity index (χ2n) is 6.67. The summed E-state index contributed by atoms with van der Waals surface area (Å²) in [5.41, 5.74) is 3.17. The molecule has 3 amide bonds. The first kappa shape index (κ1) is 22.1. The van der Waals surface area contributed by atoms with Gasteiger partial charge in [-0.3, -0.25) is 19.3 Å². The molecular formula is C22H28N4O3. The standard InChI is InChI=1S/C22H28N4O3/c1-4-17-8-6-7-9-20(17)25-22(29)15-26(5-2)14-21(28)24-19-12-10-18(11-13-19)23-16(3)27/h6-13H,4-5,14-15H2,1-3H3,(H,23,27)(H,24,28)(H,25,29). The van der Waals surface area contributed by atoms with Crippen LogP contribution in [-0.2, 0) is 20.8 Å². The normalized spacial score (nSPS) is 10.5. The van der Waals surface area contributed by atoms with E-state index in [2.05, 4.69) is 16.0 Å². The molecule has 2 aromatic carbocycles. The van der Waals surface area contributed by atoms with Crippen LogP contribution in [0.2, 0.25) is 0 Å². The van der Waals surface area contributed by atoms with E-state index in [0.717, 1.165) is 17.7 Å². The summed E-state index contributed by atoms with van der Waals surface area (Å²) in [5.74, 6) is -0.513. The summed E-state index contributed by atoms with van der Waals surface area (Å²) in [6.45, 7) is 6.18. The summed E-state index contributed by atoms with van der Waals surface area (Å²) < 4.78 is 0. The van der Waals surface area contributed by atoms with E-state index in [1.807, 2.05) is 38.1 Å². The second kappa shape index (κ2) is 11.0. The van der Waals surface area contributed by atoms with Crippen molar-refractivity contribution in [3.8, 4) is 0 Å². The maximum atomic E-state index is 12.4. The number of rotatable bonds is 9. The molecule has 0 heterocycles. The molecule has 0 radical (unpaired) electrons. The van der Waals surface area contributed by atoms with Crippen LogP contribution >= 0.6 is 0 Å². The number of hydrogen-bond acceptors (Lipinski definition) is 4. The third kappa shape index (κ3) is 7.38. The average molecular weight is 396 g/mol. The third-order valence-electron chi connectivity index (χ3n) is 4.34. The summed E-state index contributed by atoms with van der Waals surface area (Å²) in [6, 6.07) is 14.6. The Morgan fingerprint density at radius 3 is 1.90 bits per heavy atom. The number of carbonyl (C=O) groups is 3. The van der Waals surface area contributed by atoms with Crippen LogP contribution in [0.25, 0.3) is 0 Å². The van der Waals surface area contributed by atoms with Crippen molar-refractivity contribution in [3.05, 3.63) is 54.1 Å². The Bertz CT molecular complexity index is 849. The Labute approximate surface area is 171 Å². The van der Waals surface area contributed by atoms with Gasteiger partial charge in [-0.1, -0.05) is 32.0 Å². The van der Waals surface area contributed by atoms with E-state index in [1.165, 1.54) is 6.92 Å². The smallest absolute Gasteiger partial charge is 0.238 e. The van der Waals surface area contributed by atoms with Crippen LogP contribution in [0, 0.1) is 0 Å². The highest BCUT2D eigenvalue weighted by Crippen LogP contribution is 2.16.